The van der Waals surface area contributed by atoms with Gasteiger partial charge in [-0.05, 0) is 25.8 Å². The fourth-order valence-electron chi connectivity index (χ4n) is 4.76. The summed E-state index contributed by atoms with van der Waals surface area (Å²) < 4.78 is 16.4. The number of nitriles is 1. The molecular formula is C26H25N7O5S2. The van der Waals surface area contributed by atoms with Crippen molar-refractivity contribution in [3.8, 4) is 17.6 Å². The maximum atomic E-state index is 13.4. The SMILES string of the molecule is COc1ccc(C2C(C#N)=C(N)N(c3nnc(SCC(=O)Nc4cc(C)on4)s3)C3=C2C(=O)CCC3)c(OC)c1. The largest absolute Gasteiger partial charge is 0.497 e. The number of nitrogens with zero attached hydrogens (tertiary/aromatic N) is 5. The molecule has 206 valence electrons. The number of ether oxygens (including phenoxy) is 2. The van der Waals surface area contributed by atoms with Gasteiger partial charge in [-0.2, -0.15) is 5.26 Å². The van der Waals surface area contributed by atoms with E-state index < -0.39 is 5.92 Å². The second-order valence-corrected chi connectivity index (χ2v) is 11.1. The molecule has 2 aliphatic rings. The number of anilines is 2. The fourth-order valence-corrected chi connectivity index (χ4v) is 6.44. The predicted molar refractivity (Wildman–Crippen MR) is 148 cm³/mol. The van der Waals surface area contributed by atoms with Gasteiger partial charge in [0.2, 0.25) is 11.0 Å². The fraction of sp³-hybridized carbons (Fsp3) is 0.308. The zero-order chi connectivity index (χ0) is 28.4. The molecule has 0 saturated heterocycles. The van der Waals surface area contributed by atoms with Gasteiger partial charge in [-0.15, -0.1) is 10.2 Å². The van der Waals surface area contributed by atoms with Crippen molar-refractivity contribution in [2.24, 2.45) is 5.73 Å². The predicted octanol–water partition coefficient (Wildman–Crippen LogP) is 3.89. The Bertz CT molecular complexity index is 1590. The van der Waals surface area contributed by atoms with E-state index in [0.717, 1.165) is 0 Å². The van der Waals surface area contributed by atoms with Crippen LogP contribution in [0.25, 0.3) is 0 Å². The third kappa shape index (κ3) is 5.13. The first-order valence-corrected chi connectivity index (χ1v) is 14.0. The van der Waals surface area contributed by atoms with Gasteiger partial charge in [-0.25, -0.2) is 0 Å². The molecule has 0 spiro atoms. The molecule has 1 aliphatic carbocycles. The highest BCUT2D eigenvalue weighted by Crippen LogP contribution is 2.49. The minimum Gasteiger partial charge on any atom is -0.497 e. The number of benzene rings is 1. The third-order valence-electron chi connectivity index (χ3n) is 6.47. The Kier molecular flexibility index (Phi) is 7.76. The molecular weight excluding hydrogens is 554 g/mol. The van der Waals surface area contributed by atoms with Crippen molar-refractivity contribution in [2.45, 2.75) is 36.4 Å². The van der Waals surface area contributed by atoms with Gasteiger partial charge in [-0.3, -0.25) is 14.5 Å². The van der Waals surface area contributed by atoms with Crippen LogP contribution in [-0.4, -0.2) is 47.0 Å². The Balaban J connectivity index is 1.47. The van der Waals surface area contributed by atoms with Crippen molar-refractivity contribution in [1.29, 1.82) is 5.26 Å². The Morgan fingerprint density at radius 1 is 1.30 bits per heavy atom. The van der Waals surface area contributed by atoms with Crippen LogP contribution < -0.4 is 25.4 Å². The zero-order valence-electron chi connectivity index (χ0n) is 21.9. The molecule has 40 heavy (non-hydrogen) atoms. The molecule has 0 bridgehead atoms. The van der Waals surface area contributed by atoms with Gasteiger partial charge >= 0.3 is 0 Å². The van der Waals surface area contributed by atoms with Crippen molar-refractivity contribution >= 4 is 45.7 Å². The Morgan fingerprint density at radius 3 is 2.83 bits per heavy atom. The van der Waals surface area contributed by atoms with Crippen LogP contribution in [0.3, 0.4) is 0 Å². The van der Waals surface area contributed by atoms with E-state index in [0.29, 0.717) is 68.6 Å². The smallest absolute Gasteiger partial charge is 0.236 e. The summed E-state index contributed by atoms with van der Waals surface area (Å²) in [5.41, 5.74) is 8.67. The molecule has 3 N–H and O–H groups in total. The minimum atomic E-state index is -0.699. The molecule has 1 atom stereocenters. The van der Waals surface area contributed by atoms with E-state index in [4.69, 9.17) is 19.7 Å². The van der Waals surface area contributed by atoms with Crippen molar-refractivity contribution in [3.63, 3.8) is 0 Å². The Labute approximate surface area is 237 Å². The van der Waals surface area contributed by atoms with Crippen LogP contribution in [0.1, 0.15) is 36.5 Å². The maximum absolute atomic E-state index is 13.4. The molecule has 3 heterocycles. The number of thioether (sulfide) groups is 1. The summed E-state index contributed by atoms with van der Waals surface area (Å²) in [6.45, 7) is 1.73. The van der Waals surface area contributed by atoms with Crippen molar-refractivity contribution in [3.05, 3.63) is 58.3 Å². The number of hydrogen-bond acceptors (Lipinski definition) is 13. The van der Waals surface area contributed by atoms with Gasteiger partial charge in [0.25, 0.3) is 0 Å². The molecule has 1 aromatic carbocycles. The molecule has 0 radical (unpaired) electrons. The Hall–Kier alpha value is -4.35. The van der Waals surface area contributed by atoms with Gasteiger partial charge in [0, 0.05) is 35.4 Å². The molecule has 0 saturated carbocycles. The summed E-state index contributed by atoms with van der Waals surface area (Å²) in [7, 11) is 3.08. The lowest BCUT2D eigenvalue weighted by Gasteiger charge is -2.38. The zero-order valence-corrected chi connectivity index (χ0v) is 23.5. The number of hydrogen-bond donors (Lipinski definition) is 2. The topological polar surface area (TPSA) is 169 Å². The highest BCUT2D eigenvalue weighted by molar-refractivity contribution is 8.01. The maximum Gasteiger partial charge on any atom is 0.236 e. The summed E-state index contributed by atoms with van der Waals surface area (Å²) in [6.07, 6.45) is 1.56. The van der Waals surface area contributed by atoms with E-state index in [9.17, 15) is 14.9 Å². The first kappa shape index (κ1) is 27.2. The van der Waals surface area contributed by atoms with Crippen LogP contribution in [-0.2, 0) is 9.59 Å². The number of carbonyl (C=O) groups excluding carboxylic acids is 2. The number of aryl methyl sites for hydroxylation is 1. The second kappa shape index (κ2) is 11.4. The normalized spacial score (nSPS) is 17.0. The highest BCUT2D eigenvalue weighted by atomic mass is 32.2. The van der Waals surface area contributed by atoms with Crippen LogP contribution in [0.15, 0.2) is 55.8 Å². The van der Waals surface area contributed by atoms with Crippen LogP contribution in [0.5, 0.6) is 11.5 Å². The van der Waals surface area contributed by atoms with E-state index in [1.165, 1.54) is 30.2 Å². The lowest BCUT2D eigenvalue weighted by atomic mass is 9.75. The monoisotopic (exact) mass is 579 g/mol. The summed E-state index contributed by atoms with van der Waals surface area (Å²) in [5.74, 6) is 1.19. The van der Waals surface area contributed by atoms with Crippen LogP contribution in [0.2, 0.25) is 0 Å². The summed E-state index contributed by atoms with van der Waals surface area (Å²) >= 11 is 2.41. The minimum absolute atomic E-state index is 0.0618. The number of ketones is 1. The molecule has 1 aliphatic heterocycles. The van der Waals surface area contributed by atoms with E-state index in [1.54, 1.807) is 43.2 Å². The molecule has 2 aromatic heterocycles. The standard InChI is InChI=1S/C26H25N7O5S2/c1-13-9-20(32-38-13)29-21(35)12-39-26-31-30-25(40-26)33-17-5-4-6-18(34)23(17)22(16(11-27)24(33)28)15-8-7-14(36-2)10-19(15)37-3/h7-10,22H,4-6,12,28H2,1-3H3,(H,29,32,35). The molecule has 0 fully saturated rings. The molecule has 1 unspecified atom stereocenters. The molecule has 3 aromatic rings. The second-order valence-electron chi connectivity index (χ2n) is 8.93. The number of allylic oxidation sites excluding steroid dienone is 3. The van der Waals surface area contributed by atoms with Crippen LogP contribution in [0, 0.1) is 18.3 Å². The lowest BCUT2D eigenvalue weighted by Crippen LogP contribution is -2.38. The highest BCUT2D eigenvalue weighted by Gasteiger charge is 2.42. The van der Waals surface area contributed by atoms with Gasteiger partial charge in [0.15, 0.2) is 15.9 Å². The summed E-state index contributed by atoms with van der Waals surface area (Å²) in [4.78, 5) is 27.4. The number of methoxy groups -OCH3 is 2. The van der Waals surface area contributed by atoms with Crippen molar-refractivity contribution in [1.82, 2.24) is 15.4 Å². The summed E-state index contributed by atoms with van der Waals surface area (Å²) in [5, 5.41) is 25.6. The van der Waals surface area contributed by atoms with Gasteiger partial charge in [0.1, 0.15) is 23.1 Å². The molecule has 1 amide bonds. The number of aromatic nitrogens is 3. The van der Waals surface area contributed by atoms with E-state index >= 15 is 0 Å². The Morgan fingerprint density at radius 2 is 2.12 bits per heavy atom. The number of nitrogens with one attached hydrogen (secondary N) is 1. The molecule has 12 nitrogen and oxygen atoms in total. The van der Waals surface area contributed by atoms with Gasteiger partial charge < -0.3 is 25.0 Å². The average Bonchev–Trinajstić information content (AvgIpc) is 3.59. The first-order chi connectivity index (χ1) is 19.3. The van der Waals surface area contributed by atoms with Gasteiger partial charge in [0.05, 0.1) is 37.5 Å². The van der Waals surface area contributed by atoms with Gasteiger partial charge in [-0.1, -0.05) is 34.3 Å². The number of carbonyl (C=O) groups is 2. The number of nitrogens with two attached hydrogens (primary N) is 1. The van der Waals surface area contributed by atoms with E-state index in [2.05, 4.69) is 26.7 Å². The number of Topliss-reactive ketones (excluding diaryl/α,β-unsaturated/α-hetero) is 1. The molecule has 5 rings (SSSR count). The van der Waals surface area contributed by atoms with Crippen LogP contribution in [0.4, 0.5) is 10.9 Å². The number of amides is 1. The average molecular weight is 580 g/mol. The van der Waals surface area contributed by atoms with Crippen molar-refractivity contribution < 1.29 is 23.6 Å². The summed E-state index contributed by atoms with van der Waals surface area (Å²) in [6, 6.07) is 9.12. The van der Waals surface area contributed by atoms with Crippen molar-refractivity contribution in [2.75, 3.05) is 30.2 Å². The number of rotatable bonds is 8. The molecule has 14 heteroatoms. The quantitative estimate of drug-likeness (QED) is 0.370. The third-order valence-corrected chi connectivity index (χ3v) is 8.52. The van der Waals surface area contributed by atoms with E-state index in [-0.39, 0.29) is 28.8 Å². The van der Waals surface area contributed by atoms with E-state index in [1.807, 2.05) is 0 Å². The van der Waals surface area contributed by atoms with Crippen LogP contribution >= 0.6 is 23.1 Å². The lowest BCUT2D eigenvalue weighted by molar-refractivity contribution is -0.116. The first-order valence-electron chi connectivity index (χ1n) is 12.2.